The highest BCUT2D eigenvalue weighted by Crippen LogP contribution is 2.35. The summed E-state index contributed by atoms with van der Waals surface area (Å²) >= 11 is 0. The smallest absolute Gasteiger partial charge is 0.412 e. The standard InChI is InChI=1S/C21H25NO8/c1-3-27-18(8-9-23)20(13-4-6-16(26-2)15(24)10-13)30-21(25)22-14-5-7-17-19(11-14)29-12-28-17/h4-7,10-11,18,20,23-24H,3,8-9,12H2,1-2H3,(H,22,25)/t18-,20-/m0/s1. The zero-order chi connectivity index (χ0) is 21.5. The van der Waals surface area contributed by atoms with Crippen molar-refractivity contribution in [1.29, 1.82) is 0 Å². The number of nitrogens with one attached hydrogen (secondary N) is 1. The number of methoxy groups -OCH3 is 1. The van der Waals surface area contributed by atoms with Crippen molar-refractivity contribution in [3.05, 3.63) is 42.0 Å². The van der Waals surface area contributed by atoms with Crippen LogP contribution in [0.5, 0.6) is 23.0 Å². The van der Waals surface area contributed by atoms with Crippen LogP contribution in [0.4, 0.5) is 10.5 Å². The molecular weight excluding hydrogens is 394 g/mol. The first-order valence-corrected chi connectivity index (χ1v) is 9.52. The predicted molar refractivity (Wildman–Crippen MR) is 107 cm³/mol. The zero-order valence-corrected chi connectivity index (χ0v) is 16.8. The Hall–Kier alpha value is -3.17. The summed E-state index contributed by atoms with van der Waals surface area (Å²) in [5.41, 5.74) is 0.969. The molecule has 3 rings (SSSR count). The Kier molecular flexibility index (Phi) is 7.21. The van der Waals surface area contributed by atoms with E-state index in [0.29, 0.717) is 29.4 Å². The van der Waals surface area contributed by atoms with E-state index in [2.05, 4.69) is 5.32 Å². The molecule has 0 unspecified atom stereocenters. The molecule has 2 aromatic rings. The monoisotopic (exact) mass is 419 g/mol. The summed E-state index contributed by atoms with van der Waals surface area (Å²) < 4.78 is 27.0. The van der Waals surface area contributed by atoms with Gasteiger partial charge in [-0.15, -0.1) is 0 Å². The number of carbonyl (C=O) groups excluding carboxylic acids is 1. The van der Waals surface area contributed by atoms with E-state index in [4.69, 9.17) is 23.7 Å². The molecule has 1 amide bonds. The molecule has 2 atom stereocenters. The van der Waals surface area contributed by atoms with E-state index >= 15 is 0 Å². The van der Waals surface area contributed by atoms with Crippen LogP contribution in [0.25, 0.3) is 0 Å². The van der Waals surface area contributed by atoms with E-state index in [1.165, 1.54) is 13.2 Å². The van der Waals surface area contributed by atoms with Crippen LogP contribution in [0.15, 0.2) is 36.4 Å². The number of fused-ring (bicyclic) bond motifs is 1. The molecule has 0 radical (unpaired) electrons. The summed E-state index contributed by atoms with van der Waals surface area (Å²) in [5, 5.41) is 22.2. The average Bonchev–Trinajstić information content (AvgIpc) is 3.20. The summed E-state index contributed by atoms with van der Waals surface area (Å²) in [4.78, 5) is 12.6. The Bertz CT molecular complexity index is 866. The van der Waals surface area contributed by atoms with Crippen molar-refractivity contribution >= 4 is 11.8 Å². The van der Waals surface area contributed by atoms with Crippen molar-refractivity contribution in [2.45, 2.75) is 25.6 Å². The van der Waals surface area contributed by atoms with Gasteiger partial charge in [0.25, 0.3) is 0 Å². The molecule has 0 aliphatic carbocycles. The Labute approximate surface area is 174 Å². The maximum atomic E-state index is 12.6. The lowest BCUT2D eigenvalue weighted by Gasteiger charge is -2.27. The number of phenolic OH excluding ortho intramolecular Hbond substituents is 1. The number of hydrogen-bond donors (Lipinski definition) is 3. The minimum atomic E-state index is -0.872. The molecule has 2 aromatic carbocycles. The van der Waals surface area contributed by atoms with Crippen molar-refractivity contribution in [3.8, 4) is 23.0 Å². The molecule has 30 heavy (non-hydrogen) atoms. The number of aliphatic hydroxyl groups excluding tert-OH is 1. The molecule has 162 valence electrons. The first kappa shape index (κ1) is 21.5. The molecule has 3 N–H and O–H groups in total. The normalized spacial score (nSPS) is 14.1. The lowest BCUT2D eigenvalue weighted by atomic mass is 10.0. The third-order valence-corrected chi connectivity index (χ3v) is 4.52. The molecule has 0 saturated heterocycles. The van der Waals surface area contributed by atoms with E-state index in [9.17, 15) is 15.0 Å². The van der Waals surface area contributed by atoms with Crippen LogP contribution in [0.2, 0.25) is 0 Å². The molecule has 9 nitrogen and oxygen atoms in total. The number of aromatic hydroxyl groups is 1. The number of phenols is 1. The maximum absolute atomic E-state index is 12.6. The van der Waals surface area contributed by atoms with Gasteiger partial charge in [-0.3, -0.25) is 5.32 Å². The Morgan fingerprint density at radius 2 is 2.00 bits per heavy atom. The molecule has 1 aliphatic heterocycles. The number of anilines is 1. The first-order chi connectivity index (χ1) is 14.5. The molecule has 0 fully saturated rings. The average molecular weight is 419 g/mol. The molecule has 0 spiro atoms. The maximum Gasteiger partial charge on any atom is 0.412 e. The van der Waals surface area contributed by atoms with Crippen molar-refractivity contribution in [2.75, 3.05) is 32.4 Å². The molecule has 1 heterocycles. The molecule has 1 aliphatic rings. The van der Waals surface area contributed by atoms with Crippen LogP contribution in [0, 0.1) is 0 Å². The number of aliphatic hydroxyl groups is 1. The SMILES string of the molecule is CCO[C@@H](CCO)[C@@H](OC(=O)Nc1ccc2c(c1)OCO2)c1ccc(OC)c(O)c1. The van der Waals surface area contributed by atoms with Crippen molar-refractivity contribution in [2.24, 2.45) is 0 Å². The van der Waals surface area contributed by atoms with Gasteiger partial charge in [-0.05, 0) is 36.8 Å². The van der Waals surface area contributed by atoms with Gasteiger partial charge < -0.3 is 33.9 Å². The highest BCUT2D eigenvalue weighted by molar-refractivity contribution is 5.85. The highest BCUT2D eigenvalue weighted by Gasteiger charge is 2.28. The van der Waals surface area contributed by atoms with E-state index in [1.54, 1.807) is 37.3 Å². The largest absolute Gasteiger partial charge is 0.504 e. The second-order valence-electron chi connectivity index (χ2n) is 6.46. The first-order valence-electron chi connectivity index (χ1n) is 9.52. The van der Waals surface area contributed by atoms with E-state index in [1.807, 2.05) is 0 Å². The summed E-state index contributed by atoms with van der Waals surface area (Å²) in [5.74, 6) is 1.31. The number of amides is 1. The summed E-state index contributed by atoms with van der Waals surface area (Å²) in [6, 6.07) is 9.66. The van der Waals surface area contributed by atoms with Gasteiger partial charge in [0.2, 0.25) is 6.79 Å². The summed E-state index contributed by atoms with van der Waals surface area (Å²) in [7, 11) is 1.44. The second kappa shape index (κ2) is 10.0. The molecule has 0 bridgehead atoms. The molecule has 0 saturated carbocycles. The van der Waals surface area contributed by atoms with Gasteiger partial charge in [0.1, 0.15) is 6.10 Å². The Balaban J connectivity index is 1.80. The van der Waals surface area contributed by atoms with Crippen LogP contribution in [-0.2, 0) is 9.47 Å². The van der Waals surface area contributed by atoms with Crippen LogP contribution in [0.3, 0.4) is 0 Å². The van der Waals surface area contributed by atoms with Crippen molar-refractivity contribution in [3.63, 3.8) is 0 Å². The fraction of sp³-hybridized carbons (Fsp3) is 0.381. The fourth-order valence-corrected chi connectivity index (χ4v) is 3.14. The van der Waals surface area contributed by atoms with E-state index < -0.39 is 18.3 Å². The molecular formula is C21H25NO8. The number of hydrogen-bond acceptors (Lipinski definition) is 8. The van der Waals surface area contributed by atoms with Gasteiger partial charge in [-0.2, -0.15) is 0 Å². The van der Waals surface area contributed by atoms with Gasteiger partial charge in [0.05, 0.1) is 7.11 Å². The number of ether oxygens (including phenoxy) is 5. The minimum Gasteiger partial charge on any atom is -0.504 e. The Morgan fingerprint density at radius 1 is 1.20 bits per heavy atom. The van der Waals surface area contributed by atoms with E-state index in [0.717, 1.165) is 0 Å². The third kappa shape index (κ3) is 5.05. The van der Waals surface area contributed by atoms with Gasteiger partial charge in [0, 0.05) is 31.4 Å². The van der Waals surface area contributed by atoms with Gasteiger partial charge in [-0.25, -0.2) is 4.79 Å². The summed E-state index contributed by atoms with van der Waals surface area (Å²) in [6.45, 7) is 2.13. The van der Waals surface area contributed by atoms with Crippen LogP contribution >= 0.6 is 0 Å². The number of benzene rings is 2. The zero-order valence-electron chi connectivity index (χ0n) is 16.8. The second-order valence-corrected chi connectivity index (χ2v) is 6.46. The summed E-state index contributed by atoms with van der Waals surface area (Å²) in [6.07, 6.45) is -1.97. The number of carbonyl (C=O) groups is 1. The van der Waals surface area contributed by atoms with Gasteiger partial charge >= 0.3 is 6.09 Å². The lowest BCUT2D eigenvalue weighted by Crippen LogP contribution is -2.29. The highest BCUT2D eigenvalue weighted by atomic mass is 16.7. The van der Waals surface area contributed by atoms with Crippen LogP contribution < -0.4 is 19.5 Å². The minimum absolute atomic E-state index is 0.0981. The van der Waals surface area contributed by atoms with Crippen molar-refractivity contribution < 1.29 is 38.7 Å². The van der Waals surface area contributed by atoms with Crippen molar-refractivity contribution in [1.82, 2.24) is 0 Å². The Morgan fingerprint density at radius 3 is 2.70 bits per heavy atom. The van der Waals surface area contributed by atoms with E-state index in [-0.39, 0.29) is 31.3 Å². The predicted octanol–water partition coefficient (Wildman–Crippen LogP) is 3.21. The molecule has 9 heteroatoms. The topological polar surface area (TPSA) is 116 Å². The third-order valence-electron chi connectivity index (χ3n) is 4.52. The fourth-order valence-electron chi connectivity index (χ4n) is 3.14. The van der Waals surface area contributed by atoms with Gasteiger partial charge in [0.15, 0.2) is 29.1 Å². The lowest BCUT2D eigenvalue weighted by molar-refractivity contribution is -0.0484. The van der Waals surface area contributed by atoms with Crippen LogP contribution in [-0.4, -0.2) is 49.5 Å². The van der Waals surface area contributed by atoms with Crippen LogP contribution in [0.1, 0.15) is 25.0 Å². The number of rotatable bonds is 9. The quantitative estimate of drug-likeness (QED) is 0.568. The van der Waals surface area contributed by atoms with Gasteiger partial charge in [-0.1, -0.05) is 6.07 Å². The molecule has 0 aromatic heterocycles.